The lowest BCUT2D eigenvalue weighted by Gasteiger charge is -2.15. The second kappa shape index (κ2) is 3.46. The summed E-state index contributed by atoms with van der Waals surface area (Å²) in [4.78, 5) is 15.1. The van der Waals surface area contributed by atoms with Crippen molar-refractivity contribution in [3.05, 3.63) is 0 Å². The first-order chi connectivity index (χ1) is 6.31. The summed E-state index contributed by atoms with van der Waals surface area (Å²) < 4.78 is 5.55. The molecular formula is C9H14N2O2. The van der Waals surface area contributed by atoms with Crippen LogP contribution in [0, 0.1) is 5.92 Å². The van der Waals surface area contributed by atoms with Gasteiger partial charge in [-0.1, -0.05) is 0 Å². The molecule has 1 heterocycles. The molecule has 0 spiro atoms. The van der Waals surface area contributed by atoms with Crippen molar-refractivity contribution in [2.45, 2.75) is 25.9 Å². The van der Waals surface area contributed by atoms with Crippen LogP contribution in [0.15, 0.2) is 4.99 Å². The van der Waals surface area contributed by atoms with Crippen molar-refractivity contribution in [3.8, 4) is 0 Å². The summed E-state index contributed by atoms with van der Waals surface area (Å²) >= 11 is 0. The monoisotopic (exact) mass is 182 g/mol. The number of carbonyl (C=O) groups excluding carboxylic acids is 1. The molecular weight excluding hydrogens is 168 g/mol. The van der Waals surface area contributed by atoms with Gasteiger partial charge in [-0.25, -0.2) is 0 Å². The molecule has 0 aromatic heterocycles. The lowest BCUT2D eigenvalue weighted by atomic mass is 10.2. The van der Waals surface area contributed by atoms with Gasteiger partial charge in [0.2, 0.25) is 5.91 Å². The van der Waals surface area contributed by atoms with Crippen LogP contribution in [0.5, 0.6) is 0 Å². The standard InChI is InChI=1S/C9H14N2O2/c1-2-13-8(6-3-4-6)9-10-5-7(12)11-9/h6,8H,2-5H2,1H3,(H,10,11,12). The van der Waals surface area contributed by atoms with E-state index in [1.165, 1.54) is 12.8 Å². The topological polar surface area (TPSA) is 50.7 Å². The summed E-state index contributed by atoms with van der Waals surface area (Å²) in [7, 11) is 0. The van der Waals surface area contributed by atoms with E-state index in [1.807, 2.05) is 6.92 Å². The molecule has 0 aromatic rings. The summed E-state index contributed by atoms with van der Waals surface area (Å²) in [6.07, 6.45) is 2.43. The Labute approximate surface area is 77.4 Å². The van der Waals surface area contributed by atoms with Crippen LogP contribution in [0.4, 0.5) is 0 Å². The van der Waals surface area contributed by atoms with E-state index in [4.69, 9.17) is 4.74 Å². The van der Waals surface area contributed by atoms with Crippen LogP contribution in [0.25, 0.3) is 0 Å². The fourth-order valence-electron chi connectivity index (χ4n) is 1.56. The van der Waals surface area contributed by atoms with E-state index in [-0.39, 0.29) is 18.6 Å². The average molecular weight is 182 g/mol. The van der Waals surface area contributed by atoms with Crippen LogP contribution in [0.1, 0.15) is 19.8 Å². The molecule has 13 heavy (non-hydrogen) atoms. The van der Waals surface area contributed by atoms with Crippen LogP contribution in [-0.4, -0.2) is 31.0 Å². The van der Waals surface area contributed by atoms with Gasteiger partial charge in [-0.3, -0.25) is 9.79 Å². The number of rotatable bonds is 4. The normalized spacial score (nSPS) is 24.1. The highest BCUT2D eigenvalue weighted by molar-refractivity contribution is 6.06. The first-order valence-corrected chi connectivity index (χ1v) is 4.77. The van der Waals surface area contributed by atoms with Gasteiger partial charge < -0.3 is 10.1 Å². The van der Waals surface area contributed by atoms with Gasteiger partial charge in [-0.2, -0.15) is 0 Å². The molecule has 0 saturated heterocycles. The zero-order valence-corrected chi connectivity index (χ0v) is 7.75. The highest BCUT2D eigenvalue weighted by atomic mass is 16.5. The number of nitrogens with zero attached hydrogens (tertiary/aromatic N) is 1. The van der Waals surface area contributed by atoms with Crippen LogP contribution < -0.4 is 5.32 Å². The molecule has 1 unspecified atom stereocenters. The molecule has 1 aliphatic carbocycles. The Morgan fingerprint density at radius 2 is 2.46 bits per heavy atom. The highest BCUT2D eigenvalue weighted by Crippen LogP contribution is 2.35. The summed E-state index contributed by atoms with van der Waals surface area (Å²) in [5, 5.41) is 2.75. The predicted molar refractivity (Wildman–Crippen MR) is 48.6 cm³/mol. The maximum Gasteiger partial charge on any atom is 0.247 e. The Morgan fingerprint density at radius 3 is 2.92 bits per heavy atom. The fourth-order valence-corrected chi connectivity index (χ4v) is 1.56. The Hall–Kier alpha value is -0.900. The van der Waals surface area contributed by atoms with Crippen molar-refractivity contribution in [3.63, 3.8) is 0 Å². The summed E-state index contributed by atoms with van der Waals surface area (Å²) in [5.74, 6) is 1.31. The Bertz CT molecular complexity index is 246. The number of carbonyl (C=O) groups is 1. The van der Waals surface area contributed by atoms with E-state index >= 15 is 0 Å². The first-order valence-electron chi connectivity index (χ1n) is 4.77. The van der Waals surface area contributed by atoms with E-state index < -0.39 is 0 Å². The van der Waals surface area contributed by atoms with E-state index in [2.05, 4.69) is 10.3 Å². The maximum atomic E-state index is 10.9. The molecule has 0 aromatic carbocycles. The third-order valence-corrected chi connectivity index (χ3v) is 2.33. The quantitative estimate of drug-likeness (QED) is 0.681. The third kappa shape index (κ3) is 1.88. The molecule has 2 aliphatic rings. The predicted octanol–water partition coefficient (Wildman–Crippen LogP) is 0.330. The third-order valence-electron chi connectivity index (χ3n) is 2.33. The molecule has 1 fully saturated rings. The van der Waals surface area contributed by atoms with Gasteiger partial charge in [0.05, 0.1) is 0 Å². The van der Waals surface area contributed by atoms with Crippen LogP contribution >= 0.6 is 0 Å². The minimum absolute atomic E-state index is 0.0136. The molecule has 1 amide bonds. The van der Waals surface area contributed by atoms with E-state index in [0.29, 0.717) is 12.5 Å². The fraction of sp³-hybridized carbons (Fsp3) is 0.778. The van der Waals surface area contributed by atoms with E-state index in [1.54, 1.807) is 0 Å². The molecule has 0 bridgehead atoms. The van der Waals surface area contributed by atoms with Gasteiger partial charge in [-0.15, -0.1) is 0 Å². The summed E-state index contributed by atoms with van der Waals surface area (Å²) in [6.45, 7) is 2.91. The summed E-state index contributed by atoms with van der Waals surface area (Å²) in [5.41, 5.74) is 0. The molecule has 1 aliphatic heterocycles. The van der Waals surface area contributed by atoms with Gasteiger partial charge in [0, 0.05) is 6.61 Å². The van der Waals surface area contributed by atoms with Crippen molar-refractivity contribution < 1.29 is 9.53 Å². The van der Waals surface area contributed by atoms with Crippen LogP contribution in [0.2, 0.25) is 0 Å². The number of ether oxygens (including phenoxy) is 1. The lowest BCUT2D eigenvalue weighted by molar-refractivity contribution is -0.117. The number of amidine groups is 1. The zero-order valence-electron chi connectivity index (χ0n) is 7.75. The van der Waals surface area contributed by atoms with Crippen molar-refractivity contribution >= 4 is 11.7 Å². The second-order valence-corrected chi connectivity index (χ2v) is 3.46. The molecule has 2 rings (SSSR count). The summed E-state index contributed by atoms with van der Waals surface area (Å²) in [6, 6.07) is 0. The van der Waals surface area contributed by atoms with Gasteiger partial charge in [0.25, 0.3) is 0 Å². The minimum atomic E-state index is -0.0136. The molecule has 4 nitrogen and oxygen atoms in total. The van der Waals surface area contributed by atoms with Crippen molar-refractivity contribution in [2.24, 2.45) is 10.9 Å². The maximum absolute atomic E-state index is 10.9. The molecule has 1 atom stereocenters. The SMILES string of the molecule is CCOC(C1=NCC(=O)N1)C1CC1. The Balaban J connectivity index is 1.98. The number of aliphatic imine (C=N–C) groups is 1. The highest BCUT2D eigenvalue weighted by Gasteiger charge is 2.37. The Morgan fingerprint density at radius 1 is 1.69 bits per heavy atom. The average Bonchev–Trinajstić information content (AvgIpc) is 2.85. The lowest BCUT2D eigenvalue weighted by Crippen LogP contribution is -2.37. The van der Waals surface area contributed by atoms with Gasteiger partial charge >= 0.3 is 0 Å². The molecule has 1 N–H and O–H groups in total. The zero-order chi connectivity index (χ0) is 9.26. The molecule has 0 radical (unpaired) electrons. The number of amides is 1. The smallest absolute Gasteiger partial charge is 0.247 e. The van der Waals surface area contributed by atoms with Crippen molar-refractivity contribution in [1.82, 2.24) is 5.32 Å². The van der Waals surface area contributed by atoms with Crippen molar-refractivity contribution in [2.75, 3.05) is 13.2 Å². The molecule has 4 heteroatoms. The van der Waals surface area contributed by atoms with Gasteiger partial charge in [0.1, 0.15) is 18.5 Å². The van der Waals surface area contributed by atoms with E-state index in [0.717, 1.165) is 5.84 Å². The first kappa shape index (κ1) is 8.69. The number of nitrogens with one attached hydrogen (secondary N) is 1. The largest absolute Gasteiger partial charge is 0.370 e. The second-order valence-electron chi connectivity index (χ2n) is 3.46. The minimum Gasteiger partial charge on any atom is -0.370 e. The molecule has 1 saturated carbocycles. The van der Waals surface area contributed by atoms with E-state index in [9.17, 15) is 4.79 Å². The molecule has 72 valence electrons. The number of hydrogen-bond acceptors (Lipinski definition) is 3. The van der Waals surface area contributed by atoms with Crippen LogP contribution in [0.3, 0.4) is 0 Å². The van der Waals surface area contributed by atoms with Crippen LogP contribution in [-0.2, 0) is 9.53 Å². The van der Waals surface area contributed by atoms with Gasteiger partial charge in [0.15, 0.2) is 0 Å². The Kier molecular flexibility index (Phi) is 2.31. The van der Waals surface area contributed by atoms with Crippen molar-refractivity contribution in [1.29, 1.82) is 0 Å². The van der Waals surface area contributed by atoms with Gasteiger partial charge in [-0.05, 0) is 25.7 Å². The number of hydrogen-bond donors (Lipinski definition) is 1.